The Morgan fingerprint density at radius 3 is 2.67 bits per heavy atom. The summed E-state index contributed by atoms with van der Waals surface area (Å²) in [5, 5.41) is 1.44. The van der Waals surface area contributed by atoms with Crippen molar-refractivity contribution in [2.24, 2.45) is 4.99 Å². The first kappa shape index (κ1) is 11.8. The van der Waals surface area contributed by atoms with Gasteiger partial charge in [0.2, 0.25) is 0 Å². The minimum atomic E-state index is 0.715. The van der Waals surface area contributed by atoms with Gasteiger partial charge in [-0.3, -0.25) is 0 Å². The Morgan fingerprint density at radius 1 is 1.11 bits per heavy atom. The van der Waals surface area contributed by atoms with Crippen LogP contribution in [-0.2, 0) is 6.54 Å². The highest BCUT2D eigenvalue weighted by Crippen LogP contribution is 2.42. The number of rotatable bonds is 0. The van der Waals surface area contributed by atoms with E-state index in [1.165, 1.54) is 0 Å². The van der Waals surface area contributed by atoms with Crippen molar-refractivity contribution in [1.29, 1.82) is 0 Å². The molecule has 0 unspecified atom stereocenters. The normalized spacial score (nSPS) is 16.4. The maximum absolute atomic E-state index is 6.40. The van der Waals surface area contributed by atoms with Gasteiger partial charge in [-0.1, -0.05) is 29.3 Å². The summed E-state index contributed by atoms with van der Waals surface area (Å²) in [4.78, 5) is 6.75. The number of allylic oxidation sites excluding steroid dienone is 2. The van der Waals surface area contributed by atoms with E-state index in [2.05, 4.69) is 9.89 Å². The highest BCUT2D eigenvalue weighted by atomic mass is 35.5. The van der Waals surface area contributed by atoms with Crippen LogP contribution in [0.1, 0.15) is 16.7 Å². The molecule has 2 aliphatic heterocycles. The van der Waals surface area contributed by atoms with Gasteiger partial charge in [0.05, 0.1) is 22.3 Å². The molecule has 0 radical (unpaired) electrons. The molecule has 3 rings (SSSR count). The van der Waals surface area contributed by atoms with Crippen molar-refractivity contribution in [3.05, 3.63) is 51.2 Å². The Hall–Kier alpha value is -1.25. The average Bonchev–Trinajstić information content (AvgIpc) is 2.41. The molecule has 0 aromatic heterocycles. The van der Waals surface area contributed by atoms with E-state index in [4.69, 9.17) is 23.2 Å². The second kappa shape index (κ2) is 4.15. The summed E-state index contributed by atoms with van der Waals surface area (Å²) in [5.41, 5.74) is 3.91. The van der Waals surface area contributed by atoms with E-state index < -0.39 is 0 Å². The van der Waals surface area contributed by atoms with Gasteiger partial charge < -0.3 is 4.90 Å². The average molecular weight is 279 g/mol. The number of hydrogen-bond acceptors (Lipinski definition) is 2. The first-order valence-corrected chi connectivity index (χ1v) is 6.52. The van der Waals surface area contributed by atoms with Gasteiger partial charge in [0.1, 0.15) is 5.84 Å². The highest BCUT2D eigenvalue weighted by molar-refractivity contribution is 6.37. The first-order chi connectivity index (χ1) is 8.59. The summed E-state index contributed by atoms with van der Waals surface area (Å²) in [6, 6.07) is 0. The predicted octanol–water partition coefficient (Wildman–Crippen LogP) is 4.54. The van der Waals surface area contributed by atoms with Crippen LogP contribution in [-0.4, -0.2) is 10.7 Å². The minimum absolute atomic E-state index is 0.715. The third-order valence-electron chi connectivity index (χ3n) is 3.37. The molecule has 0 saturated carbocycles. The van der Waals surface area contributed by atoms with E-state index in [9.17, 15) is 0 Å². The number of nitrogens with zero attached hydrogens (tertiary/aromatic N) is 2. The third-order valence-corrected chi connectivity index (χ3v) is 4.44. The number of amidine groups is 1. The number of fused-ring (bicyclic) bond motifs is 2. The maximum atomic E-state index is 6.40. The molecule has 2 heterocycles. The first-order valence-electron chi connectivity index (χ1n) is 5.77. The summed E-state index contributed by atoms with van der Waals surface area (Å²) in [6.07, 6.45) is 7.97. The molecule has 0 atom stereocenters. The molecule has 4 heteroatoms. The summed E-state index contributed by atoms with van der Waals surface area (Å²) < 4.78 is 0. The Labute approximate surface area is 116 Å². The van der Waals surface area contributed by atoms with Crippen LogP contribution < -0.4 is 0 Å². The molecule has 0 amide bonds. The highest BCUT2D eigenvalue weighted by Gasteiger charge is 2.24. The number of benzene rings is 1. The van der Waals surface area contributed by atoms with Crippen LogP contribution in [0.5, 0.6) is 0 Å². The number of aliphatic imine (C=N–C) groups is 1. The van der Waals surface area contributed by atoms with E-state index in [0.717, 1.165) is 39.8 Å². The van der Waals surface area contributed by atoms with Gasteiger partial charge in [-0.15, -0.1) is 0 Å². The monoisotopic (exact) mass is 278 g/mol. The molecule has 0 fully saturated rings. The van der Waals surface area contributed by atoms with Crippen molar-refractivity contribution in [3.63, 3.8) is 0 Å². The lowest BCUT2D eigenvalue weighted by atomic mass is 10.0. The van der Waals surface area contributed by atoms with Crippen molar-refractivity contribution in [2.45, 2.75) is 20.4 Å². The molecule has 92 valence electrons. The zero-order chi connectivity index (χ0) is 12.9. The van der Waals surface area contributed by atoms with Gasteiger partial charge in [-0.05, 0) is 37.1 Å². The summed E-state index contributed by atoms with van der Waals surface area (Å²) in [6.45, 7) is 4.68. The Morgan fingerprint density at radius 2 is 1.89 bits per heavy atom. The Kier molecular flexibility index (Phi) is 2.72. The fourth-order valence-electron chi connectivity index (χ4n) is 2.32. The molecule has 1 aromatic rings. The fraction of sp³-hybridized carbons (Fsp3) is 0.214. The van der Waals surface area contributed by atoms with Gasteiger partial charge in [-0.25, -0.2) is 4.99 Å². The quantitative estimate of drug-likeness (QED) is 0.680. The molecule has 2 aliphatic rings. The minimum Gasteiger partial charge on any atom is -0.328 e. The molecular weight excluding hydrogens is 267 g/mol. The molecule has 18 heavy (non-hydrogen) atoms. The van der Waals surface area contributed by atoms with Gasteiger partial charge in [-0.2, -0.15) is 0 Å². The van der Waals surface area contributed by atoms with Crippen molar-refractivity contribution in [1.82, 2.24) is 4.90 Å². The Balaban J connectivity index is 2.27. The maximum Gasteiger partial charge on any atom is 0.133 e. The smallest absolute Gasteiger partial charge is 0.133 e. The van der Waals surface area contributed by atoms with E-state index in [1.807, 2.05) is 38.3 Å². The summed E-state index contributed by atoms with van der Waals surface area (Å²) in [7, 11) is 0. The molecule has 2 nitrogen and oxygen atoms in total. The van der Waals surface area contributed by atoms with Crippen molar-refractivity contribution in [3.8, 4) is 0 Å². The molecule has 0 spiro atoms. The second-order valence-corrected chi connectivity index (χ2v) is 5.26. The zero-order valence-corrected chi connectivity index (χ0v) is 11.7. The van der Waals surface area contributed by atoms with E-state index in [0.29, 0.717) is 5.02 Å². The molecule has 0 bridgehead atoms. The van der Waals surface area contributed by atoms with Crippen LogP contribution in [0, 0.1) is 13.8 Å². The van der Waals surface area contributed by atoms with Crippen molar-refractivity contribution in [2.75, 3.05) is 0 Å². The van der Waals surface area contributed by atoms with E-state index in [-0.39, 0.29) is 0 Å². The lowest BCUT2D eigenvalue weighted by Crippen LogP contribution is -2.28. The van der Waals surface area contributed by atoms with E-state index in [1.54, 1.807) is 0 Å². The van der Waals surface area contributed by atoms with Crippen LogP contribution in [0.15, 0.2) is 29.4 Å². The SMILES string of the molecule is Cc1c(Cl)c(C)c2c(c1Cl)CN1C=CC=CC1=N2. The molecule has 0 aliphatic carbocycles. The summed E-state index contributed by atoms with van der Waals surface area (Å²) >= 11 is 12.7. The third kappa shape index (κ3) is 1.60. The van der Waals surface area contributed by atoms with Gasteiger partial charge >= 0.3 is 0 Å². The molecule has 0 N–H and O–H groups in total. The molecule has 0 saturated heterocycles. The number of halogens is 2. The van der Waals surface area contributed by atoms with Gasteiger partial charge in [0.25, 0.3) is 0 Å². The summed E-state index contributed by atoms with van der Waals surface area (Å²) in [5.74, 6) is 0.934. The lowest BCUT2D eigenvalue weighted by Gasteiger charge is -2.29. The molecule has 1 aromatic carbocycles. The van der Waals surface area contributed by atoms with E-state index >= 15 is 0 Å². The zero-order valence-electron chi connectivity index (χ0n) is 10.2. The van der Waals surface area contributed by atoms with Crippen LogP contribution in [0.2, 0.25) is 10.0 Å². The topological polar surface area (TPSA) is 15.6 Å². The standard InChI is InChI=1S/C14H12Cl2N2/c1-8-12(15)9(2)14-10(13(8)16)7-18-6-4-3-5-11(18)17-14/h3-6H,7H2,1-2H3. The predicted molar refractivity (Wildman–Crippen MR) is 76.9 cm³/mol. The lowest BCUT2D eigenvalue weighted by molar-refractivity contribution is 0.544. The largest absolute Gasteiger partial charge is 0.328 e. The van der Waals surface area contributed by atoms with Crippen LogP contribution >= 0.6 is 23.2 Å². The molecular formula is C14H12Cl2N2. The van der Waals surface area contributed by atoms with Gasteiger partial charge in [0, 0.05) is 11.8 Å². The fourth-order valence-corrected chi connectivity index (χ4v) is 2.80. The Bertz CT molecular complexity index is 627. The van der Waals surface area contributed by atoms with Crippen molar-refractivity contribution >= 4 is 34.7 Å². The van der Waals surface area contributed by atoms with Crippen LogP contribution in [0.25, 0.3) is 0 Å². The van der Waals surface area contributed by atoms with Crippen LogP contribution in [0.4, 0.5) is 5.69 Å². The van der Waals surface area contributed by atoms with Gasteiger partial charge in [0.15, 0.2) is 0 Å². The second-order valence-electron chi connectivity index (χ2n) is 4.50. The number of hydrogen-bond donors (Lipinski definition) is 0. The van der Waals surface area contributed by atoms with Crippen LogP contribution in [0.3, 0.4) is 0 Å². The van der Waals surface area contributed by atoms with Crippen molar-refractivity contribution < 1.29 is 0 Å².